The van der Waals surface area contributed by atoms with Crippen molar-refractivity contribution in [2.24, 2.45) is 0 Å². The van der Waals surface area contributed by atoms with E-state index in [9.17, 15) is 0 Å². The van der Waals surface area contributed by atoms with Gasteiger partial charge >= 0.3 is 0 Å². The van der Waals surface area contributed by atoms with Crippen LogP contribution in [-0.4, -0.2) is 6.54 Å². The maximum atomic E-state index is 3.68. The predicted molar refractivity (Wildman–Crippen MR) is 86.9 cm³/mol. The molecule has 0 aliphatic carbocycles. The molecule has 104 valence electrons. The van der Waals surface area contributed by atoms with Crippen LogP contribution in [-0.2, 0) is 0 Å². The molecule has 0 saturated heterocycles. The van der Waals surface area contributed by atoms with Crippen molar-refractivity contribution in [3.8, 4) is 0 Å². The van der Waals surface area contributed by atoms with E-state index in [0.717, 1.165) is 13.0 Å². The molecule has 2 aromatic rings. The lowest BCUT2D eigenvalue weighted by atomic mass is 9.95. The van der Waals surface area contributed by atoms with Crippen molar-refractivity contribution >= 4 is 0 Å². The van der Waals surface area contributed by atoms with Gasteiger partial charge in [-0.2, -0.15) is 0 Å². The minimum Gasteiger partial charge on any atom is -0.306 e. The Morgan fingerprint density at radius 3 is 2.40 bits per heavy atom. The summed E-state index contributed by atoms with van der Waals surface area (Å²) < 4.78 is 0. The SMILES string of the molecule is C/C=C/CCNC(c1ccccc1)c1ccccc1C. The molecular weight excluding hydrogens is 242 g/mol. The molecule has 0 aliphatic rings. The lowest BCUT2D eigenvalue weighted by molar-refractivity contribution is 0.608. The molecule has 0 saturated carbocycles. The molecule has 2 rings (SSSR count). The maximum absolute atomic E-state index is 3.68. The van der Waals surface area contributed by atoms with Crippen LogP contribution in [0, 0.1) is 6.92 Å². The first-order valence-electron chi connectivity index (χ1n) is 7.28. The quantitative estimate of drug-likeness (QED) is 0.592. The van der Waals surface area contributed by atoms with E-state index in [4.69, 9.17) is 0 Å². The second kappa shape index (κ2) is 7.66. The van der Waals surface area contributed by atoms with Crippen LogP contribution in [0.4, 0.5) is 0 Å². The van der Waals surface area contributed by atoms with Crippen molar-refractivity contribution in [1.29, 1.82) is 0 Å². The number of allylic oxidation sites excluding steroid dienone is 1. The van der Waals surface area contributed by atoms with Crippen molar-refractivity contribution in [3.63, 3.8) is 0 Å². The summed E-state index contributed by atoms with van der Waals surface area (Å²) >= 11 is 0. The van der Waals surface area contributed by atoms with Gasteiger partial charge in [0, 0.05) is 0 Å². The summed E-state index contributed by atoms with van der Waals surface area (Å²) in [7, 11) is 0. The molecule has 0 aromatic heterocycles. The standard InChI is InChI=1S/C19H23N/c1-3-4-10-15-20-19(17-12-6-5-7-13-17)18-14-9-8-11-16(18)2/h3-9,11-14,19-20H,10,15H2,1-2H3/b4-3+. The number of rotatable bonds is 6. The molecule has 0 fully saturated rings. The third-order valence-electron chi connectivity index (χ3n) is 3.53. The van der Waals surface area contributed by atoms with Crippen molar-refractivity contribution in [1.82, 2.24) is 5.32 Å². The molecule has 20 heavy (non-hydrogen) atoms. The third-order valence-corrected chi connectivity index (χ3v) is 3.53. The van der Waals surface area contributed by atoms with Gasteiger partial charge in [-0.1, -0.05) is 66.7 Å². The minimum absolute atomic E-state index is 0.266. The summed E-state index contributed by atoms with van der Waals surface area (Å²) in [4.78, 5) is 0. The molecule has 1 N–H and O–H groups in total. The van der Waals surface area contributed by atoms with Crippen molar-refractivity contribution in [2.45, 2.75) is 26.3 Å². The number of hydrogen-bond donors (Lipinski definition) is 1. The van der Waals surface area contributed by atoms with Crippen LogP contribution in [0.2, 0.25) is 0 Å². The average Bonchev–Trinajstić information content (AvgIpc) is 2.49. The van der Waals surface area contributed by atoms with E-state index in [0.29, 0.717) is 0 Å². The molecule has 1 heteroatoms. The van der Waals surface area contributed by atoms with Crippen LogP contribution in [0.25, 0.3) is 0 Å². The van der Waals surface area contributed by atoms with Crippen LogP contribution < -0.4 is 5.32 Å². The minimum atomic E-state index is 0.266. The Balaban J connectivity index is 2.23. The largest absolute Gasteiger partial charge is 0.306 e. The Kier molecular flexibility index (Phi) is 5.57. The Hall–Kier alpha value is -1.86. The zero-order chi connectivity index (χ0) is 14.2. The highest BCUT2D eigenvalue weighted by molar-refractivity contribution is 5.36. The molecule has 0 amide bonds. The molecule has 0 aliphatic heterocycles. The lowest BCUT2D eigenvalue weighted by Gasteiger charge is -2.21. The highest BCUT2D eigenvalue weighted by Crippen LogP contribution is 2.24. The van der Waals surface area contributed by atoms with E-state index >= 15 is 0 Å². The molecule has 0 radical (unpaired) electrons. The van der Waals surface area contributed by atoms with Gasteiger partial charge in [0.25, 0.3) is 0 Å². The Labute approximate surface area is 122 Å². The molecule has 0 heterocycles. The van der Waals surface area contributed by atoms with Gasteiger partial charge in [0.15, 0.2) is 0 Å². The van der Waals surface area contributed by atoms with E-state index in [2.05, 4.69) is 85.9 Å². The molecule has 1 nitrogen and oxygen atoms in total. The van der Waals surface area contributed by atoms with Crippen molar-refractivity contribution < 1.29 is 0 Å². The van der Waals surface area contributed by atoms with Crippen LogP contribution in [0.15, 0.2) is 66.7 Å². The van der Waals surface area contributed by atoms with Gasteiger partial charge in [-0.05, 0) is 43.5 Å². The topological polar surface area (TPSA) is 12.0 Å². The van der Waals surface area contributed by atoms with E-state index in [-0.39, 0.29) is 6.04 Å². The van der Waals surface area contributed by atoms with Crippen molar-refractivity contribution in [2.75, 3.05) is 6.54 Å². The molecule has 1 atom stereocenters. The maximum Gasteiger partial charge on any atom is 0.0579 e. The van der Waals surface area contributed by atoms with Crippen LogP contribution >= 0.6 is 0 Å². The Bertz CT molecular complexity index is 543. The van der Waals surface area contributed by atoms with E-state index in [1.54, 1.807) is 0 Å². The summed E-state index contributed by atoms with van der Waals surface area (Å²) in [5.41, 5.74) is 4.02. The van der Waals surface area contributed by atoms with Gasteiger partial charge < -0.3 is 5.32 Å². The van der Waals surface area contributed by atoms with E-state index in [1.165, 1.54) is 16.7 Å². The highest BCUT2D eigenvalue weighted by atomic mass is 14.9. The van der Waals surface area contributed by atoms with Gasteiger partial charge in [0.2, 0.25) is 0 Å². The fraction of sp³-hybridized carbons (Fsp3) is 0.263. The Morgan fingerprint density at radius 1 is 1.00 bits per heavy atom. The normalized spacial score (nSPS) is 12.7. The van der Waals surface area contributed by atoms with E-state index < -0.39 is 0 Å². The van der Waals surface area contributed by atoms with Crippen LogP contribution in [0.1, 0.15) is 36.1 Å². The summed E-state index contributed by atoms with van der Waals surface area (Å²) in [6, 6.07) is 19.5. The number of hydrogen-bond acceptors (Lipinski definition) is 1. The molecule has 1 unspecified atom stereocenters. The zero-order valence-electron chi connectivity index (χ0n) is 12.3. The highest BCUT2D eigenvalue weighted by Gasteiger charge is 2.14. The average molecular weight is 265 g/mol. The van der Waals surface area contributed by atoms with Crippen molar-refractivity contribution in [3.05, 3.63) is 83.4 Å². The monoisotopic (exact) mass is 265 g/mol. The summed E-state index contributed by atoms with van der Waals surface area (Å²) in [5.74, 6) is 0. The van der Waals surface area contributed by atoms with Crippen LogP contribution in [0.3, 0.4) is 0 Å². The first-order chi connectivity index (χ1) is 9.83. The second-order valence-corrected chi connectivity index (χ2v) is 5.01. The summed E-state index contributed by atoms with van der Waals surface area (Å²) in [6.45, 7) is 5.23. The fourth-order valence-electron chi connectivity index (χ4n) is 2.44. The summed E-state index contributed by atoms with van der Waals surface area (Å²) in [5, 5.41) is 3.68. The number of benzene rings is 2. The Morgan fingerprint density at radius 2 is 1.70 bits per heavy atom. The zero-order valence-corrected chi connectivity index (χ0v) is 12.3. The summed E-state index contributed by atoms with van der Waals surface area (Å²) in [6.07, 6.45) is 5.37. The smallest absolute Gasteiger partial charge is 0.0579 e. The van der Waals surface area contributed by atoms with Gasteiger partial charge in [0.1, 0.15) is 0 Å². The van der Waals surface area contributed by atoms with E-state index in [1.807, 2.05) is 0 Å². The first-order valence-corrected chi connectivity index (χ1v) is 7.28. The third kappa shape index (κ3) is 3.82. The van der Waals surface area contributed by atoms with Gasteiger partial charge in [-0.25, -0.2) is 0 Å². The van der Waals surface area contributed by atoms with Gasteiger partial charge in [0.05, 0.1) is 6.04 Å². The molecule has 2 aromatic carbocycles. The first kappa shape index (κ1) is 14.5. The number of aryl methyl sites for hydroxylation is 1. The number of nitrogens with one attached hydrogen (secondary N) is 1. The fourth-order valence-corrected chi connectivity index (χ4v) is 2.44. The molecule has 0 bridgehead atoms. The second-order valence-electron chi connectivity index (χ2n) is 5.01. The predicted octanol–water partition coefficient (Wildman–Crippen LogP) is 4.64. The lowest BCUT2D eigenvalue weighted by Crippen LogP contribution is -2.24. The van der Waals surface area contributed by atoms with Gasteiger partial charge in [-0.3, -0.25) is 0 Å². The molecule has 0 spiro atoms. The van der Waals surface area contributed by atoms with Gasteiger partial charge in [-0.15, -0.1) is 0 Å². The van der Waals surface area contributed by atoms with Crippen LogP contribution in [0.5, 0.6) is 0 Å². The molecular formula is C19H23N.